The largest absolute Gasteiger partial charge is 0.0837 e. The van der Waals surface area contributed by atoms with E-state index in [1.165, 1.54) is 16.7 Å². The van der Waals surface area contributed by atoms with E-state index in [2.05, 4.69) is 38.1 Å². The SMILES string of the molecule is CCc1cc(C)cc(-c2ccccc2Cl)c1. The first-order chi connectivity index (χ1) is 7.70. The second-order valence-electron chi connectivity index (χ2n) is 4.04. The molecule has 0 unspecified atom stereocenters. The van der Waals surface area contributed by atoms with E-state index >= 15 is 0 Å². The fraction of sp³-hybridized carbons (Fsp3) is 0.200. The number of hydrogen-bond acceptors (Lipinski definition) is 0. The average Bonchev–Trinajstić information content (AvgIpc) is 2.28. The molecule has 0 heterocycles. The Hall–Kier alpha value is -1.27. The molecule has 0 fully saturated rings. The van der Waals surface area contributed by atoms with Gasteiger partial charge in [-0.25, -0.2) is 0 Å². The summed E-state index contributed by atoms with van der Waals surface area (Å²) in [7, 11) is 0. The molecule has 0 radical (unpaired) electrons. The minimum atomic E-state index is 0.815. The highest BCUT2D eigenvalue weighted by Gasteiger charge is 2.04. The first-order valence-corrected chi connectivity index (χ1v) is 5.94. The quantitative estimate of drug-likeness (QED) is 0.690. The topological polar surface area (TPSA) is 0 Å². The van der Waals surface area contributed by atoms with Gasteiger partial charge in [-0.3, -0.25) is 0 Å². The Labute approximate surface area is 102 Å². The zero-order chi connectivity index (χ0) is 11.5. The lowest BCUT2D eigenvalue weighted by Gasteiger charge is -2.08. The van der Waals surface area contributed by atoms with Crippen LogP contribution in [0.1, 0.15) is 18.1 Å². The van der Waals surface area contributed by atoms with Crippen molar-refractivity contribution in [3.8, 4) is 11.1 Å². The lowest BCUT2D eigenvalue weighted by molar-refractivity contribution is 1.13. The molecule has 0 aliphatic rings. The van der Waals surface area contributed by atoms with Crippen LogP contribution in [0.15, 0.2) is 42.5 Å². The van der Waals surface area contributed by atoms with Crippen molar-refractivity contribution in [2.24, 2.45) is 0 Å². The summed E-state index contributed by atoms with van der Waals surface area (Å²) in [6, 6.07) is 14.6. The van der Waals surface area contributed by atoms with E-state index in [-0.39, 0.29) is 0 Å². The van der Waals surface area contributed by atoms with E-state index in [9.17, 15) is 0 Å². The minimum Gasteiger partial charge on any atom is -0.0837 e. The van der Waals surface area contributed by atoms with Crippen molar-refractivity contribution in [1.82, 2.24) is 0 Å². The lowest BCUT2D eigenvalue weighted by atomic mass is 9.99. The molecule has 0 spiro atoms. The van der Waals surface area contributed by atoms with E-state index in [4.69, 9.17) is 11.6 Å². The molecule has 0 amide bonds. The van der Waals surface area contributed by atoms with Crippen molar-refractivity contribution >= 4 is 11.6 Å². The smallest absolute Gasteiger partial charge is 0.0484 e. The van der Waals surface area contributed by atoms with Crippen molar-refractivity contribution in [3.05, 3.63) is 58.6 Å². The van der Waals surface area contributed by atoms with Gasteiger partial charge in [-0.2, -0.15) is 0 Å². The number of benzene rings is 2. The monoisotopic (exact) mass is 230 g/mol. The molecule has 0 aromatic heterocycles. The summed E-state index contributed by atoms with van der Waals surface area (Å²) < 4.78 is 0. The number of halogens is 1. The zero-order valence-electron chi connectivity index (χ0n) is 9.63. The van der Waals surface area contributed by atoms with E-state index < -0.39 is 0 Å². The molecule has 82 valence electrons. The van der Waals surface area contributed by atoms with E-state index in [1.54, 1.807) is 0 Å². The van der Waals surface area contributed by atoms with Gasteiger partial charge in [0.25, 0.3) is 0 Å². The number of hydrogen-bond donors (Lipinski definition) is 0. The van der Waals surface area contributed by atoms with Crippen LogP contribution >= 0.6 is 11.6 Å². The summed E-state index contributed by atoms with van der Waals surface area (Å²) >= 11 is 6.21. The molecule has 0 aliphatic carbocycles. The number of rotatable bonds is 2. The van der Waals surface area contributed by atoms with Gasteiger partial charge in [0, 0.05) is 10.6 Å². The maximum absolute atomic E-state index is 6.21. The molecule has 0 nitrogen and oxygen atoms in total. The van der Waals surface area contributed by atoms with Crippen molar-refractivity contribution < 1.29 is 0 Å². The summed E-state index contributed by atoms with van der Waals surface area (Å²) in [4.78, 5) is 0. The van der Waals surface area contributed by atoms with Crippen molar-refractivity contribution in [2.45, 2.75) is 20.3 Å². The Morgan fingerprint density at radius 1 is 1.06 bits per heavy atom. The molecule has 0 saturated heterocycles. The third kappa shape index (κ3) is 2.28. The van der Waals surface area contributed by atoms with Crippen LogP contribution in [0.2, 0.25) is 5.02 Å². The predicted molar refractivity (Wildman–Crippen MR) is 71.0 cm³/mol. The molecule has 16 heavy (non-hydrogen) atoms. The van der Waals surface area contributed by atoms with Crippen LogP contribution in [0.4, 0.5) is 0 Å². The van der Waals surface area contributed by atoms with Gasteiger partial charge in [-0.05, 0) is 30.5 Å². The summed E-state index contributed by atoms with van der Waals surface area (Å²) in [5.74, 6) is 0. The summed E-state index contributed by atoms with van der Waals surface area (Å²) in [6.07, 6.45) is 1.05. The highest BCUT2D eigenvalue weighted by atomic mass is 35.5. The predicted octanol–water partition coefficient (Wildman–Crippen LogP) is 4.88. The number of aryl methyl sites for hydroxylation is 2. The van der Waals surface area contributed by atoms with Crippen LogP contribution in [0.25, 0.3) is 11.1 Å². The molecule has 0 saturated carbocycles. The average molecular weight is 231 g/mol. The first kappa shape index (κ1) is 11.2. The Bertz CT molecular complexity index is 501. The maximum atomic E-state index is 6.21. The van der Waals surface area contributed by atoms with Gasteiger partial charge in [0.2, 0.25) is 0 Å². The highest BCUT2D eigenvalue weighted by Crippen LogP contribution is 2.29. The fourth-order valence-electron chi connectivity index (χ4n) is 1.92. The Morgan fingerprint density at radius 3 is 2.50 bits per heavy atom. The van der Waals surface area contributed by atoms with Gasteiger partial charge in [-0.1, -0.05) is 60.5 Å². The molecule has 2 rings (SSSR count). The second-order valence-corrected chi connectivity index (χ2v) is 4.45. The normalized spacial score (nSPS) is 10.4. The van der Waals surface area contributed by atoms with Crippen LogP contribution < -0.4 is 0 Å². The third-order valence-electron chi connectivity index (χ3n) is 2.73. The van der Waals surface area contributed by atoms with Gasteiger partial charge in [0.15, 0.2) is 0 Å². The van der Waals surface area contributed by atoms with Crippen LogP contribution in [0.3, 0.4) is 0 Å². The molecular formula is C15H15Cl. The summed E-state index contributed by atoms with van der Waals surface area (Å²) in [5.41, 5.74) is 4.97. The third-order valence-corrected chi connectivity index (χ3v) is 3.06. The standard InChI is InChI=1S/C15H15Cl/c1-3-12-8-11(2)9-13(10-12)14-6-4-5-7-15(14)16/h4-10H,3H2,1-2H3. The van der Waals surface area contributed by atoms with E-state index in [0.717, 1.165) is 17.0 Å². The molecule has 2 aromatic rings. The Kier molecular flexibility index (Phi) is 3.31. The van der Waals surface area contributed by atoms with Crippen molar-refractivity contribution in [2.75, 3.05) is 0 Å². The molecular weight excluding hydrogens is 216 g/mol. The van der Waals surface area contributed by atoms with Gasteiger partial charge < -0.3 is 0 Å². The molecule has 0 N–H and O–H groups in total. The second kappa shape index (κ2) is 4.71. The zero-order valence-corrected chi connectivity index (χ0v) is 10.4. The van der Waals surface area contributed by atoms with Crippen LogP contribution in [0, 0.1) is 6.92 Å². The van der Waals surface area contributed by atoms with E-state index in [0.29, 0.717) is 0 Å². The summed E-state index contributed by atoms with van der Waals surface area (Å²) in [5, 5.41) is 0.815. The molecule has 0 atom stereocenters. The molecule has 2 aromatic carbocycles. The van der Waals surface area contributed by atoms with Gasteiger partial charge in [-0.15, -0.1) is 0 Å². The summed E-state index contributed by atoms with van der Waals surface area (Å²) in [6.45, 7) is 4.30. The van der Waals surface area contributed by atoms with Gasteiger partial charge in [0.1, 0.15) is 0 Å². The van der Waals surface area contributed by atoms with Gasteiger partial charge >= 0.3 is 0 Å². The van der Waals surface area contributed by atoms with Crippen LogP contribution in [-0.4, -0.2) is 0 Å². The molecule has 1 heteroatoms. The molecule has 0 bridgehead atoms. The lowest BCUT2D eigenvalue weighted by Crippen LogP contribution is -1.86. The van der Waals surface area contributed by atoms with Gasteiger partial charge in [0.05, 0.1) is 0 Å². The minimum absolute atomic E-state index is 0.815. The van der Waals surface area contributed by atoms with Crippen molar-refractivity contribution in [3.63, 3.8) is 0 Å². The Balaban J connectivity index is 2.56. The Morgan fingerprint density at radius 2 is 1.81 bits per heavy atom. The highest BCUT2D eigenvalue weighted by molar-refractivity contribution is 6.33. The van der Waals surface area contributed by atoms with Crippen molar-refractivity contribution in [1.29, 1.82) is 0 Å². The maximum Gasteiger partial charge on any atom is 0.0484 e. The first-order valence-electron chi connectivity index (χ1n) is 5.56. The van der Waals surface area contributed by atoms with Crippen LogP contribution in [0.5, 0.6) is 0 Å². The van der Waals surface area contributed by atoms with E-state index in [1.807, 2.05) is 18.2 Å². The molecule has 0 aliphatic heterocycles. The fourth-order valence-corrected chi connectivity index (χ4v) is 2.16. The van der Waals surface area contributed by atoms with Crippen LogP contribution in [-0.2, 0) is 6.42 Å².